The van der Waals surface area contributed by atoms with Crippen LogP contribution in [0, 0.1) is 41.4 Å². The van der Waals surface area contributed by atoms with Gasteiger partial charge in [-0.2, -0.15) is 0 Å². The number of carboxylic acids is 1. The number of aliphatic carboxylic acids is 1. The summed E-state index contributed by atoms with van der Waals surface area (Å²) in [5, 5.41) is 30.7. The lowest BCUT2D eigenvalue weighted by molar-refractivity contribution is -0.353. The van der Waals surface area contributed by atoms with E-state index in [1.54, 1.807) is 14.0 Å². The van der Waals surface area contributed by atoms with Gasteiger partial charge in [0.05, 0.1) is 72.6 Å². The number of rotatable bonds is 9. The van der Waals surface area contributed by atoms with E-state index in [1.807, 2.05) is 6.92 Å². The first-order chi connectivity index (χ1) is 23.9. The molecule has 0 aromatic heterocycles. The van der Waals surface area contributed by atoms with Gasteiger partial charge in [-0.3, -0.25) is 4.79 Å². The number of aliphatic hydroxyl groups excluding tert-OH is 1. The van der Waals surface area contributed by atoms with Crippen LogP contribution >= 0.6 is 0 Å². The lowest BCUT2D eigenvalue weighted by atomic mass is 9.78. The molecule has 0 aromatic rings. The average molecular weight is 725 g/mol. The number of carboxylic acid groups (broad SMARTS) is 1. The summed E-state index contributed by atoms with van der Waals surface area (Å²) in [6.45, 7) is 18.4. The van der Waals surface area contributed by atoms with Crippen molar-refractivity contribution >= 4 is 5.97 Å². The first-order valence-corrected chi connectivity index (χ1v) is 20.0. The van der Waals surface area contributed by atoms with Gasteiger partial charge < -0.3 is 48.5 Å². The molecule has 294 valence electrons. The Morgan fingerprint density at radius 1 is 0.863 bits per heavy atom. The number of hydrogen-bond acceptors (Lipinski definition) is 10. The molecule has 3 N–H and O–H groups in total. The van der Waals surface area contributed by atoms with Gasteiger partial charge >= 0.3 is 5.97 Å². The molecule has 6 aliphatic rings. The molecular formula is C40H68O11. The molecule has 0 aromatic carbocycles. The van der Waals surface area contributed by atoms with E-state index in [-0.39, 0.29) is 84.3 Å². The molecule has 1 spiro atoms. The van der Waals surface area contributed by atoms with Gasteiger partial charge in [0.15, 0.2) is 11.6 Å². The van der Waals surface area contributed by atoms with Crippen LogP contribution in [0.1, 0.15) is 120 Å². The molecular weight excluding hydrogens is 656 g/mol. The second kappa shape index (κ2) is 14.6. The van der Waals surface area contributed by atoms with Crippen molar-refractivity contribution in [2.75, 3.05) is 13.7 Å². The van der Waals surface area contributed by atoms with E-state index >= 15 is 0 Å². The predicted octanol–water partition coefficient (Wildman–Crippen LogP) is 5.71. The Bertz CT molecular complexity index is 1230. The van der Waals surface area contributed by atoms with Crippen molar-refractivity contribution in [2.24, 2.45) is 41.4 Å². The Kier molecular flexibility index (Phi) is 11.4. The number of ether oxygens (including phenoxy) is 7. The fourth-order valence-corrected chi connectivity index (χ4v) is 11.3. The van der Waals surface area contributed by atoms with Crippen molar-refractivity contribution in [3.8, 4) is 0 Å². The topological polar surface area (TPSA) is 142 Å². The van der Waals surface area contributed by atoms with Crippen molar-refractivity contribution < 1.29 is 53.3 Å². The quantitative estimate of drug-likeness (QED) is 0.269. The molecule has 6 rings (SSSR count). The van der Waals surface area contributed by atoms with Crippen molar-refractivity contribution in [3.05, 3.63) is 0 Å². The Labute approximate surface area is 305 Å². The SMILES string of the molecule is CO[C@@H]1C[C@@H](C[C@H]2CC[C@H](C)C([C@@H](C)C(=O)O)O2)O[C@]2(O[C@@](C)(C3CC[C@@](C)([C@@H]4O[C@@H]([C@@H]5O[C@@](O)(CO)C(C)CC5C)C[C@@H]4C)O3)C[C@H]2C)[C@@H]1C. The first kappa shape index (κ1) is 39.8. The fraction of sp³-hybridized carbons (Fsp3) is 0.975. The number of hydrogen-bond donors (Lipinski definition) is 3. The maximum absolute atomic E-state index is 11.8. The minimum Gasteiger partial charge on any atom is -0.481 e. The van der Waals surface area contributed by atoms with Crippen LogP contribution in [-0.2, 0) is 38.0 Å². The largest absolute Gasteiger partial charge is 0.481 e. The molecule has 0 bridgehead atoms. The van der Waals surface area contributed by atoms with Gasteiger partial charge in [0, 0.05) is 37.7 Å². The lowest BCUT2D eigenvalue weighted by Crippen LogP contribution is -2.58. The lowest BCUT2D eigenvalue weighted by Gasteiger charge is -2.50. The molecule has 6 heterocycles. The van der Waals surface area contributed by atoms with Crippen LogP contribution in [0.3, 0.4) is 0 Å². The molecule has 6 aliphatic heterocycles. The molecule has 11 nitrogen and oxygen atoms in total. The summed E-state index contributed by atoms with van der Waals surface area (Å²) in [5.41, 5.74) is -1.10. The molecule has 0 aliphatic carbocycles. The summed E-state index contributed by atoms with van der Waals surface area (Å²) in [5.74, 6) is -3.26. The minimum atomic E-state index is -1.55. The molecule has 0 amide bonds. The minimum absolute atomic E-state index is 0.00727. The summed E-state index contributed by atoms with van der Waals surface area (Å²) in [6, 6.07) is 0. The van der Waals surface area contributed by atoms with Crippen LogP contribution in [0.4, 0.5) is 0 Å². The molecule has 19 atom stereocenters. The van der Waals surface area contributed by atoms with Crippen LogP contribution in [0.25, 0.3) is 0 Å². The summed E-state index contributed by atoms with van der Waals surface area (Å²) in [4.78, 5) is 11.8. The van der Waals surface area contributed by atoms with E-state index in [4.69, 9.17) is 33.2 Å². The highest BCUT2D eigenvalue weighted by Gasteiger charge is 2.65. The summed E-state index contributed by atoms with van der Waals surface area (Å²) in [7, 11) is 1.77. The average Bonchev–Trinajstić information content (AvgIpc) is 3.75. The van der Waals surface area contributed by atoms with Gasteiger partial charge in [0.1, 0.15) is 0 Å². The normalized spacial score (nSPS) is 54.2. The van der Waals surface area contributed by atoms with Gasteiger partial charge in [-0.1, -0.05) is 41.5 Å². The number of aliphatic hydroxyl groups is 2. The third kappa shape index (κ3) is 7.19. The van der Waals surface area contributed by atoms with Crippen molar-refractivity contribution in [1.82, 2.24) is 0 Å². The molecule has 0 saturated carbocycles. The van der Waals surface area contributed by atoms with Crippen molar-refractivity contribution in [2.45, 2.75) is 192 Å². The molecule has 6 saturated heterocycles. The standard InChI is InChI=1S/C40H68O11/c1-21-11-12-28(46-33(21)26(6)36(42)43)17-29-18-30(45-10)27(7)40(48-29)25(5)19-38(9,51-40)32-13-14-37(8,49-32)35-23(3)16-31(47-35)34-22(2)15-24(4)39(44,20-41)50-34/h21-35,41,44H,11-20H2,1-10H3,(H,42,43)/t21-,22?,23-,24?,25+,26+,27+,28+,29+,30+,31+,32?,33?,34+,35+,37-,38+,39-,40+/m0/s1. The summed E-state index contributed by atoms with van der Waals surface area (Å²) in [6.07, 6.45) is 5.85. The highest BCUT2D eigenvalue weighted by Crippen LogP contribution is 2.57. The van der Waals surface area contributed by atoms with E-state index in [1.165, 1.54) is 0 Å². The Morgan fingerprint density at radius 2 is 1.59 bits per heavy atom. The van der Waals surface area contributed by atoms with Crippen LogP contribution in [-0.4, -0.2) is 107 Å². The van der Waals surface area contributed by atoms with E-state index in [0.29, 0.717) is 6.42 Å². The summed E-state index contributed by atoms with van der Waals surface area (Å²) < 4.78 is 47.0. The fourth-order valence-electron chi connectivity index (χ4n) is 11.3. The number of carbonyl (C=O) groups is 1. The zero-order chi connectivity index (χ0) is 37.3. The zero-order valence-corrected chi connectivity index (χ0v) is 32.8. The molecule has 51 heavy (non-hydrogen) atoms. The second-order valence-electron chi connectivity index (χ2n) is 18.4. The highest BCUT2D eigenvalue weighted by atomic mass is 16.7. The number of methoxy groups -OCH3 is 1. The Morgan fingerprint density at radius 3 is 2.25 bits per heavy atom. The van der Waals surface area contributed by atoms with Gasteiger partial charge in [-0.15, -0.1) is 0 Å². The van der Waals surface area contributed by atoms with E-state index in [0.717, 1.165) is 51.4 Å². The van der Waals surface area contributed by atoms with Crippen LogP contribution in [0.5, 0.6) is 0 Å². The van der Waals surface area contributed by atoms with Gasteiger partial charge in [-0.05, 0) is 83.5 Å². The Balaban J connectivity index is 1.13. The van der Waals surface area contributed by atoms with E-state index < -0.39 is 41.3 Å². The van der Waals surface area contributed by atoms with Gasteiger partial charge in [0.25, 0.3) is 0 Å². The highest BCUT2D eigenvalue weighted by molar-refractivity contribution is 5.70. The van der Waals surface area contributed by atoms with Crippen LogP contribution < -0.4 is 0 Å². The van der Waals surface area contributed by atoms with E-state index in [2.05, 4.69) is 48.5 Å². The maximum atomic E-state index is 11.8. The van der Waals surface area contributed by atoms with Crippen molar-refractivity contribution in [3.63, 3.8) is 0 Å². The van der Waals surface area contributed by atoms with Crippen LogP contribution in [0.2, 0.25) is 0 Å². The molecule has 4 unspecified atom stereocenters. The monoisotopic (exact) mass is 724 g/mol. The smallest absolute Gasteiger partial charge is 0.308 e. The van der Waals surface area contributed by atoms with Crippen molar-refractivity contribution in [1.29, 1.82) is 0 Å². The Hall–Kier alpha value is -0.890. The zero-order valence-electron chi connectivity index (χ0n) is 32.8. The third-order valence-electron chi connectivity index (χ3n) is 14.4. The maximum Gasteiger partial charge on any atom is 0.308 e. The predicted molar refractivity (Wildman–Crippen MR) is 189 cm³/mol. The van der Waals surface area contributed by atoms with E-state index in [9.17, 15) is 20.1 Å². The van der Waals surface area contributed by atoms with Gasteiger partial charge in [0.2, 0.25) is 0 Å². The first-order valence-electron chi connectivity index (χ1n) is 20.0. The van der Waals surface area contributed by atoms with Gasteiger partial charge in [-0.25, -0.2) is 0 Å². The molecule has 0 radical (unpaired) electrons. The summed E-state index contributed by atoms with van der Waals surface area (Å²) >= 11 is 0. The second-order valence-corrected chi connectivity index (χ2v) is 18.4. The third-order valence-corrected chi connectivity index (χ3v) is 14.4. The van der Waals surface area contributed by atoms with Crippen LogP contribution in [0.15, 0.2) is 0 Å². The molecule has 11 heteroatoms. The molecule has 6 fully saturated rings.